The van der Waals surface area contributed by atoms with Crippen molar-refractivity contribution in [3.05, 3.63) is 29.8 Å². The summed E-state index contributed by atoms with van der Waals surface area (Å²) in [6.07, 6.45) is 2.55. The van der Waals surface area contributed by atoms with E-state index < -0.39 is 0 Å². The Morgan fingerprint density at radius 1 is 1.42 bits per heavy atom. The monoisotopic (exact) mass is 261 g/mol. The van der Waals surface area contributed by atoms with Crippen LogP contribution in [0.4, 0.5) is 5.69 Å². The number of fused-ring (bicyclic) bond motifs is 1. The molecule has 0 aromatic heterocycles. The maximum absolute atomic E-state index is 11.8. The number of hydrogen-bond acceptors (Lipinski definition) is 3. The van der Waals surface area contributed by atoms with E-state index in [0.29, 0.717) is 18.9 Å². The first kappa shape index (κ1) is 13.9. The molecule has 1 unspecified atom stereocenters. The van der Waals surface area contributed by atoms with Gasteiger partial charge in [0.2, 0.25) is 0 Å². The van der Waals surface area contributed by atoms with Crippen LogP contribution in [0.1, 0.15) is 44.6 Å². The fourth-order valence-corrected chi connectivity index (χ4v) is 2.48. The summed E-state index contributed by atoms with van der Waals surface area (Å²) in [5.41, 5.74) is 2.39. The highest BCUT2D eigenvalue weighted by Gasteiger charge is 2.24. The molecule has 1 N–H and O–H groups in total. The molecule has 0 radical (unpaired) electrons. The van der Waals surface area contributed by atoms with Gasteiger partial charge in [0.25, 0.3) is 0 Å². The molecule has 0 fully saturated rings. The molecule has 0 amide bonds. The maximum Gasteiger partial charge on any atom is 0.306 e. The summed E-state index contributed by atoms with van der Waals surface area (Å²) >= 11 is 0. The Hall–Kier alpha value is -1.51. The van der Waals surface area contributed by atoms with Crippen molar-refractivity contribution in [1.82, 2.24) is 0 Å². The molecule has 104 valence electrons. The van der Waals surface area contributed by atoms with Crippen molar-refractivity contribution < 1.29 is 9.53 Å². The molecule has 0 saturated carbocycles. The molecular formula is C16H23NO2. The molecule has 1 aliphatic heterocycles. The van der Waals surface area contributed by atoms with Gasteiger partial charge in [-0.25, -0.2) is 0 Å². The van der Waals surface area contributed by atoms with E-state index in [1.807, 2.05) is 12.1 Å². The predicted molar refractivity (Wildman–Crippen MR) is 77.3 cm³/mol. The van der Waals surface area contributed by atoms with Crippen LogP contribution >= 0.6 is 0 Å². The lowest BCUT2D eigenvalue weighted by atomic mass is 9.98. The van der Waals surface area contributed by atoms with Gasteiger partial charge in [0, 0.05) is 18.2 Å². The Morgan fingerprint density at radius 2 is 2.21 bits per heavy atom. The van der Waals surface area contributed by atoms with Gasteiger partial charge in [0.05, 0.1) is 13.0 Å². The largest absolute Gasteiger partial charge is 0.466 e. The molecule has 3 heteroatoms. The van der Waals surface area contributed by atoms with E-state index in [2.05, 4.69) is 31.3 Å². The highest BCUT2D eigenvalue weighted by Crippen LogP contribution is 2.33. The van der Waals surface area contributed by atoms with Gasteiger partial charge in [-0.2, -0.15) is 0 Å². The number of carbonyl (C=O) groups excluding carboxylic acids is 1. The first-order chi connectivity index (χ1) is 9.16. The van der Waals surface area contributed by atoms with Crippen LogP contribution in [0.3, 0.4) is 0 Å². The van der Waals surface area contributed by atoms with Crippen LogP contribution < -0.4 is 5.32 Å². The second-order valence-corrected chi connectivity index (χ2v) is 5.63. The summed E-state index contributed by atoms with van der Waals surface area (Å²) in [6.45, 7) is 5.76. The van der Waals surface area contributed by atoms with Crippen LogP contribution in [0.2, 0.25) is 0 Å². The van der Waals surface area contributed by atoms with Crippen LogP contribution in [-0.4, -0.2) is 19.1 Å². The van der Waals surface area contributed by atoms with Crippen molar-refractivity contribution in [2.24, 2.45) is 5.92 Å². The van der Waals surface area contributed by atoms with Crippen molar-refractivity contribution in [3.8, 4) is 0 Å². The smallest absolute Gasteiger partial charge is 0.306 e. The molecule has 1 aromatic rings. The van der Waals surface area contributed by atoms with Crippen LogP contribution in [0.5, 0.6) is 0 Å². The molecule has 0 spiro atoms. The van der Waals surface area contributed by atoms with Crippen molar-refractivity contribution in [2.45, 2.75) is 39.0 Å². The fourth-order valence-electron chi connectivity index (χ4n) is 2.48. The Morgan fingerprint density at radius 3 is 3.00 bits per heavy atom. The number of esters is 1. The summed E-state index contributed by atoms with van der Waals surface area (Å²) in [7, 11) is 0. The van der Waals surface area contributed by atoms with Gasteiger partial charge in [-0.1, -0.05) is 32.0 Å². The van der Waals surface area contributed by atoms with Gasteiger partial charge >= 0.3 is 5.97 Å². The first-order valence-corrected chi connectivity index (χ1v) is 7.15. The van der Waals surface area contributed by atoms with Gasteiger partial charge in [-0.3, -0.25) is 4.79 Å². The van der Waals surface area contributed by atoms with E-state index in [0.717, 1.165) is 25.1 Å². The number of hydrogen-bond donors (Lipinski definition) is 1. The van der Waals surface area contributed by atoms with Crippen LogP contribution in [0, 0.1) is 5.92 Å². The third kappa shape index (κ3) is 3.98. The van der Waals surface area contributed by atoms with Crippen LogP contribution in [0.15, 0.2) is 24.3 Å². The molecule has 1 aromatic carbocycles. The van der Waals surface area contributed by atoms with Gasteiger partial charge in [-0.15, -0.1) is 0 Å². The zero-order valence-corrected chi connectivity index (χ0v) is 11.8. The number of benzene rings is 1. The van der Waals surface area contributed by atoms with E-state index in [4.69, 9.17) is 4.74 Å². The highest BCUT2D eigenvalue weighted by molar-refractivity contribution is 5.72. The molecule has 0 saturated heterocycles. The maximum atomic E-state index is 11.8. The summed E-state index contributed by atoms with van der Waals surface area (Å²) in [6, 6.07) is 8.18. The summed E-state index contributed by atoms with van der Waals surface area (Å²) < 4.78 is 5.30. The van der Waals surface area contributed by atoms with E-state index >= 15 is 0 Å². The minimum atomic E-state index is -0.0766. The summed E-state index contributed by atoms with van der Waals surface area (Å²) in [5.74, 6) is 0.852. The number of anilines is 1. The lowest BCUT2D eigenvalue weighted by Crippen LogP contribution is -2.13. The third-order valence-corrected chi connectivity index (χ3v) is 3.54. The molecule has 0 aliphatic carbocycles. The quantitative estimate of drug-likeness (QED) is 0.628. The lowest BCUT2D eigenvalue weighted by Gasteiger charge is -2.10. The Bertz CT molecular complexity index is 429. The molecule has 3 nitrogen and oxygen atoms in total. The highest BCUT2D eigenvalue weighted by atomic mass is 16.5. The summed E-state index contributed by atoms with van der Waals surface area (Å²) in [5, 5.41) is 3.33. The topological polar surface area (TPSA) is 38.3 Å². The average molecular weight is 261 g/mol. The molecule has 1 atom stereocenters. The van der Waals surface area contributed by atoms with E-state index in [-0.39, 0.29) is 11.9 Å². The molecular weight excluding hydrogens is 238 g/mol. The number of ether oxygens (including phenoxy) is 1. The molecule has 2 rings (SSSR count). The molecule has 0 bridgehead atoms. The number of nitrogens with one attached hydrogen (secondary N) is 1. The lowest BCUT2D eigenvalue weighted by molar-refractivity contribution is -0.144. The van der Waals surface area contributed by atoms with Crippen molar-refractivity contribution in [2.75, 3.05) is 18.5 Å². The standard InChI is InChI=1S/C16H23NO2/c1-12(2)6-5-9-19-16(18)10-13-11-17-15-8-4-3-7-14(13)15/h3-4,7-8,12-13,17H,5-6,9-11H2,1-2H3. The van der Waals surface area contributed by atoms with Gasteiger partial charge in [0.1, 0.15) is 0 Å². The molecule has 19 heavy (non-hydrogen) atoms. The minimum Gasteiger partial charge on any atom is -0.466 e. The van der Waals surface area contributed by atoms with Gasteiger partial charge in [0.15, 0.2) is 0 Å². The van der Waals surface area contributed by atoms with Gasteiger partial charge in [-0.05, 0) is 30.4 Å². The Balaban J connectivity index is 1.75. The van der Waals surface area contributed by atoms with E-state index in [1.54, 1.807) is 0 Å². The van der Waals surface area contributed by atoms with Crippen LogP contribution in [0.25, 0.3) is 0 Å². The van der Waals surface area contributed by atoms with Crippen molar-refractivity contribution in [3.63, 3.8) is 0 Å². The summed E-state index contributed by atoms with van der Waals surface area (Å²) in [4.78, 5) is 11.8. The number of rotatable bonds is 6. The SMILES string of the molecule is CC(C)CCCOC(=O)CC1CNc2ccccc21. The predicted octanol–water partition coefficient (Wildman–Crippen LogP) is 3.57. The second-order valence-electron chi connectivity index (χ2n) is 5.63. The van der Waals surface area contributed by atoms with Crippen molar-refractivity contribution >= 4 is 11.7 Å². The minimum absolute atomic E-state index is 0.0766. The third-order valence-electron chi connectivity index (χ3n) is 3.54. The van der Waals surface area contributed by atoms with Crippen LogP contribution in [-0.2, 0) is 9.53 Å². The van der Waals surface area contributed by atoms with Crippen molar-refractivity contribution in [1.29, 1.82) is 0 Å². The first-order valence-electron chi connectivity index (χ1n) is 7.15. The Kier molecular flexibility index (Phi) is 4.83. The second kappa shape index (κ2) is 6.60. The molecule has 1 aliphatic rings. The number of carbonyl (C=O) groups is 1. The fraction of sp³-hybridized carbons (Fsp3) is 0.562. The zero-order valence-electron chi connectivity index (χ0n) is 11.8. The molecule has 1 heterocycles. The van der Waals surface area contributed by atoms with E-state index in [1.165, 1.54) is 5.56 Å². The van der Waals surface area contributed by atoms with E-state index in [9.17, 15) is 4.79 Å². The zero-order chi connectivity index (χ0) is 13.7. The van der Waals surface area contributed by atoms with Gasteiger partial charge < -0.3 is 10.1 Å². The Labute approximate surface area is 115 Å². The normalized spacial score (nSPS) is 17.1. The average Bonchev–Trinajstić information content (AvgIpc) is 2.78. The number of para-hydroxylation sites is 1.